The van der Waals surface area contributed by atoms with E-state index < -0.39 is 0 Å². The van der Waals surface area contributed by atoms with E-state index in [1.165, 1.54) is 12.1 Å². The van der Waals surface area contributed by atoms with Crippen LogP contribution in [0.4, 0.5) is 0 Å². The van der Waals surface area contributed by atoms with E-state index in [-0.39, 0.29) is 17.0 Å². The summed E-state index contributed by atoms with van der Waals surface area (Å²) in [6.07, 6.45) is 4.36. The number of amides is 1. The van der Waals surface area contributed by atoms with Gasteiger partial charge in [0.05, 0.1) is 0 Å². The van der Waals surface area contributed by atoms with Gasteiger partial charge in [-0.3, -0.25) is 4.79 Å². The van der Waals surface area contributed by atoms with E-state index in [1.807, 2.05) is 0 Å². The van der Waals surface area contributed by atoms with Crippen LogP contribution in [0.25, 0.3) is 0 Å². The van der Waals surface area contributed by atoms with Crippen LogP contribution >= 0.6 is 11.6 Å². The van der Waals surface area contributed by atoms with Gasteiger partial charge in [0, 0.05) is 17.5 Å². The molecule has 1 aromatic rings. The van der Waals surface area contributed by atoms with Crippen molar-refractivity contribution in [1.29, 1.82) is 0 Å². The van der Waals surface area contributed by atoms with E-state index in [9.17, 15) is 4.79 Å². The van der Waals surface area contributed by atoms with Crippen molar-refractivity contribution in [3.05, 3.63) is 29.8 Å². The molecule has 1 saturated carbocycles. The fourth-order valence-electron chi connectivity index (χ4n) is 2.36. The third-order valence-corrected chi connectivity index (χ3v) is 3.80. The molecule has 2 unspecified atom stereocenters. The second kappa shape index (κ2) is 6.10. The molecule has 0 aliphatic heterocycles. The summed E-state index contributed by atoms with van der Waals surface area (Å²) in [4.78, 5) is 11.9. The molecule has 1 amide bonds. The molecule has 2 atom stereocenters. The summed E-state index contributed by atoms with van der Waals surface area (Å²) in [5, 5.41) is 12.3. The van der Waals surface area contributed by atoms with Crippen LogP contribution in [0.15, 0.2) is 24.3 Å². The summed E-state index contributed by atoms with van der Waals surface area (Å²) in [5.74, 6) is 0.567. The van der Waals surface area contributed by atoms with Gasteiger partial charge in [0.2, 0.25) is 0 Å². The molecular formula is C14H18ClNO2. The number of nitrogens with one attached hydrogen (secondary N) is 1. The van der Waals surface area contributed by atoms with E-state index >= 15 is 0 Å². The van der Waals surface area contributed by atoms with Crippen molar-refractivity contribution in [2.24, 2.45) is 5.92 Å². The van der Waals surface area contributed by atoms with Crippen molar-refractivity contribution in [3.63, 3.8) is 0 Å². The number of rotatable bonds is 3. The lowest BCUT2D eigenvalue weighted by Crippen LogP contribution is -2.31. The van der Waals surface area contributed by atoms with Crippen molar-refractivity contribution in [1.82, 2.24) is 5.32 Å². The summed E-state index contributed by atoms with van der Waals surface area (Å²) in [6, 6.07) is 6.28. The zero-order valence-electron chi connectivity index (χ0n) is 10.2. The number of aromatic hydroxyl groups is 1. The first kappa shape index (κ1) is 13.2. The minimum absolute atomic E-state index is 0.0910. The molecule has 3 nitrogen and oxygen atoms in total. The molecule has 1 aliphatic rings. The predicted molar refractivity (Wildman–Crippen MR) is 72.0 cm³/mol. The average Bonchev–Trinajstić information content (AvgIpc) is 2.37. The number of phenolic OH excluding ortho intramolecular Hbond substituents is 1. The van der Waals surface area contributed by atoms with Crippen LogP contribution in [0.3, 0.4) is 0 Å². The fraction of sp³-hybridized carbons (Fsp3) is 0.500. The highest BCUT2D eigenvalue weighted by Crippen LogP contribution is 2.27. The molecule has 0 radical (unpaired) electrons. The van der Waals surface area contributed by atoms with Crippen LogP contribution in [0.5, 0.6) is 5.75 Å². The first-order chi connectivity index (χ1) is 8.65. The van der Waals surface area contributed by atoms with Gasteiger partial charge in [0.25, 0.3) is 5.91 Å². The van der Waals surface area contributed by atoms with Crippen LogP contribution in [0, 0.1) is 5.92 Å². The fourth-order valence-corrected chi connectivity index (χ4v) is 2.77. The molecule has 0 heterocycles. The molecule has 4 heteroatoms. The maximum atomic E-state index is 11.9. The number of phenols is 1. The van der Waals surface area contributed by atoms with Gasteiger partial charge in [0.15, 0.2) is 0 Å². The highest BCUT2D eigenvalue weighted by atomic mass is 35.5. The molecule has 2 N–H and O–H groups in total. The summed E-state index contributed by atoms with van der Waals surface area (Å²) < 4.78 is 0. The standard InChI is InChI=1S/C14H18ClNO2/c15-12-3-1-2-10(8-12)9-16-14(18)11-4-6-13(17)7-5-11/h4-7,10,12,17H,1-3,8-9H2,(H,16,18). The molecule has 0 aromatic heterocycles. The molecular weight excluding hydrogens is 250 g/mol. The first-order valence-corrected chi connectivity index (χ1v) is 6.80. The zero-order chi connectivity index (χ0) is 13.0. The van der Waals surface area contributed by atoms with Crippen molar-refractivity contribution in [2.75, 3.05) is 6.54 Å². The van der Waals surface area contributed by atoms with Crippen molar-refractivity contribution in [3.8, 4) is 5.75 Å². The third-order valence-electron chi connectivity index (χ3n) is 3.40. The van der Waals surface area contributed by atoms with Gasteiger partial charge in [-0.25, -0.2) is 0 Å². The second-order valence-corrected chi connectivity index (χ2v) is 5.50. The minimum Gasteiger partial charge on any atom is -0.508 e. The normalized spacial score (nSPS) is 23.6. The number of alkyl halides is 1. The van der Waals surface area contributed by atoms with Gasteiger partial charge in [-0.05, 0) is 49.4 Å². The average molecular weight is 268 g/mol. The molecule has 1 aromatic carbocycles. The smallest absolute Gasteiger partial charge is 0.251 e. The second-order valence-electron chi connectivity index (χ2n) is 4.89. The van der Waals surface area contributed by atoms with Crippen molar-refractivity contribution in [2.45, 2.75) is 31.1 Å². The number of hydrogen-bond donors (Lipinski definition) is 2. The molecule has 0 spiro atoms. The maximum Gasteiger partial charge on any atom is 0.251 e. The van der Waals surface area contributed by atoms with Gasteiger partial charge in [-0.1, -0.05) is 6.42 Å². The largest absolute Gasteiger partial charge is 0.508 e. The lowest BCUT2D eigenvalue weighted by Gasteiger charge is -2.25. The van der Waals surface area contributed by atoms with Gasteiger partial charge in [-0.15, -0.1) is 11.6 Å². The van der Waals surface area contributed by atoms with Gasteiger partial charge in [0.1, 0.15) is 5.75 Å². The van der Waals surface area contributed by atoms with Crippen LogP contribution in [0.1, 0.15) is 36.0 Å². The van der Waals surface area contributed by atoms with Gasteiger partial charge < -0.3 is 10.4 Å². The van der Waals surface area contributed by atoms with Gasteiger partial charge >= 0.3 is 0 Å². The number of carbonyl (C=O) groups excluding carboxylic acids is 1. The number of halogens is 1. The Hall–Kier alpha value is -1.22. The Morgan fingerprint density at radius 3 is 2.72 bits per heavy atom. The number of hydrogen-bond acceptors (Lipinski definition) is 2. The summed E-state index contributed by atoms with van der Waals surface area (Å²) in [7, 11) is 0. The van der Waals surface area contributed by atoms with Crippen LogP contribution < -0.4 is 5.32 Å². The minimum atomic E-state index is -0.0910. The van der Waals surface area contributed by atoms with E-state index in [2.05, 4.69) is 5.32 Å². The Kier molecular flexibility index (Phi) is 4.48. The molecule has 1 fully saturated rings. The molecule has 2 rings (SSSR count). The maximum absolute atomic E-state index is 11.9. The molecule has 0 saturated heterocycles. The van der Waals surface area contributed by atoms with Gasteiger partial charge in [-0.2, -0.15) is 0 Å². The predicted octanol–water partition coefficient (Wildman–Crippen LogP) is 2.92. The van der Waals surface area contributed by atoms with Crippen molar-refractivity contribution >= 4 is 17.5 Å². The van der Waals surface area contributed by atoms with E-state index in [4.69, 9.17) is 16.7 Å². The first-order valence-electron chi connectivity index (χ1n) is 6.36. The Bertz CT molecular complexity index is 405. The summed E-state index contributed by atoms with van der Waals surface area (Å²) >= 11 is 6.12. The van der Waals surface area contributed by atoms with E-state index in [0.29, 0.717) is 18.0 Å². The number of carbonyl (C=O) groups is 1. The lowest BCUT2D eigenvalue weighted by molar-refractivity contribution is 0.0943. The summed E-state index contributed by atoms with van der Waals surface area (Å²) in [5.41, 5.74) is 0.575. The Labute approximate surface area is 112 Å². The van der Waals surface area contributed by atoms with E-state index in [0.717, 1.165) is 25.7 Å². The Morgan fingerprint density at radius 1 is 1.33 bits per heavy atom. The molecule has 1 aliphatic carbocycles. The highest BCUT2D eigenvalue weighted by Gasteiger charge is 2.20. The Balaban J connectivity index is 1.82. The quantitative estimate of drug-likeness (QED) is 0.828. The van der Waals surface area contributed by atoms with Crippen molar-refractivity contribution < 1.29 is 9.90 Å². The molecule has 18 heavy (non-hydrogen) atoms. The SMILES string of the molecule is O=C(NCC1CCCC(Cl)C1)c1ccc(O)cc1. The Morgan fingerprint density at radius 2 is 2.06 bits per heavy atom. The third kappa shape index (κ3) is 3.64. The lowest BCUT2D eigenvalue weighted by atomic mass is 9.89. The van der Waals surface area contributed by atoms with Crippen LogP contribution in [-0.4, -0.2) is 22.9 Å². The van der Waals surface area contributed by atoms with Crippen LogP contribution in [0.2, 0.25) is 0 Å². The van der Waals surface area contributed by atoms with Crippen LogP contribution in [-0.2, 0) is 0 Å². The topological polar surface area (TPSA) is 49.3 Å². The monoisotopic (exact) mass is 267 g/mol. The van der Waals surface area contributed by atoms with E-state index in [1.54, 1.807) is 12.1 Å². The molecule has 98 valence electrons. The number of benzene rings is 1. The zero-order valence-corrected chi connectivity index (χ0v) is 11.0. The molecule has 0 bridgehead atoms. The summed E-state index contributed by atoms with van der Waals surface area (Å²) in [6.45, 7) is 0.683. The highest BCUT2D eigenvalue weighted by molar-refractivity contribution is 6.20.